The fourth-order valence-electron chi connectivity index (χ4n) is 1.67. The molecule has 84 valence electrons. The van der Waals surface area contributed by atoms with Crippen LogP contribution in [0.25, 0.3) is 0 Å². The van der Waals surface area contributed by atoms with Gasteiger partial charge in [0, 0.05) is 0 Å². The van der Waals surface area contributed by atoms with Crippen LogP contribution in [0.5, 0.6) is 5.75 Å². The molecule has 0 aliphatic carbocycles. The molecule has 1 aliphatic rings. The molecule has 5 heteroatoms. The molecule has 1 fully saturated rings. The number of amides is 1. The maximum Gasteiger partial charge on any atom is 0.235 e. The van der Waals surface area contributed by atoms with Gasteiger partial charge in [-0.2, -0.15) is 0 Å². The molecule has 1 aliphatic heterocycles. The van der Waals surface area contributed by atoms with E-state index in [4.69, 9.17) is 4.74 Å². The van der Waals surface area contributed by atoms with Crippen LogP contribution < -0.4 is 9.64 Å². The Morgan fingerprint density at radius 2 is 2.12 bits per heavy atom. The Bertz CT molecular complexity index is 459. The highest BCUT2D eigenvalue weighted by atomic mass is 19.1. The van der Waals surface area contributed by atoms with Gasteiger partial charge in [-0.15, -0.1) is 0 Å². The summed E-state index contributed by atoms with van der Waals surface area (Å²) in [6.45, 7) is -0.0665. The number of rotatable bonds is 2. The zero-order valence-electron chi connectivity index (χ0n) is 8.70. The van der Waals surface area contributed by atoms with E-state index in [1.807, 2.05) is 0 Å². The average molecular weight is 223 g/mol. The predicted octanol–water partition coefficient (Wildman–Crippen LogP) is 1.14. The van der Waals surface area contributed by atoms with E-state index in [0.717, 1.165) is 4.90 Å². The molecule has 0 N–H and O–H groups in total. The van der Waals surface area contributed by atoms with Crippen molar-refractivity contribution >= 4 is 17.4 Å². The van der Waals surface area contributed by atoms with Crippen molar-refractivity contribution in [3.05, 3.63) is 24.0 Å². The minimum absolute atomic E-state index is 0.0599. The van der Waals surface area contributed by atoms with Crippen molar-refractivity contribution < 1.29 is 18.7 Å². The minimum Gasteiger partial charge on any atom is -0.494 e. The van der Waals surface area contributed by atoms with Crippen molar-refractivity contribution in [2.45, 2.75) is 6.42 Å². The van der Waals surface area contributed by atoms with Crippen molar-refractivity contribution in [2.24, 2.45) is 0 Å². The monoisotopic (exact) mass is 223 g/mol. The molecule has 16 heavy (non-hydrogen) atoms. The molecule has 0 atom stereocenters. The summed E-state index contributed by atoms with van der Waals surface area (Å²) in [5, 5.41) is 0. The van der Waals surface area contributed by atoms with E-state index in [1.165, 1.54) is 19.2 Å². The van der Waals surface area contributed by atoms with Crippen molar-refractivity contribution in [3.8, 4) is 5.75 Å². The van der Waals surface area contributed by atoms with E-state index in [2.05, 4.69) is 0 Å². The van der Waals surface area contributed by atoms with E-state index < -0.39 is 5.82 Å². The number of Topliss-reactive ketones (excluding diaryl/α,β-unsaturated/α-hetero) is 1. The summed E-state index contributed by atoms with van der Waals surface area (Å²) in [6.07, 6.45) is -0.156. The molecule has 0 bridgehead atoms. The van der Waals surface area contributed by atoms with Gasteiger partial charge in [-0.25, -0.2) is 4.39 Å². The highest BCUT2D eigenvalue weighted by Crippen LogP contribution is 2.29. The number of benzene rings is 1. The second-order valence-electron chi connectivity index (χ2n) is 3.49. The van der Waals surface area contributed by atoms with E-state index in [1.54, 1.807) is 6.07 Å². The zero-order valence-corrected chi connectivity index (χ0v) is 8.70. The van der Waals surface area contributed by atoms with Crippen molar-refractivity contribution in [3.63, 3.8) is 0 Å². The molecule has 0 radical (unpaired) electrons. The van der Waals surface area contributed by atoms with Crippen LogP contribution in [0.4, 0.5) is 10.1 Å². The first-order valence-electron chi connectivity index (χ1n) is 4.78. The second kappa shape index (κ2) is 3.92. The van der Waals surface area contributed by atoms with Crippen molar-refractivity contribution in [2.75, 3.05) is 18.6 Å². The summed E-state index contributed by atoms with van der Waals surface area (Å²) in [5.74, 6) is -1.14. The predicted molar refractivity (Wildman–Crippen MR) is 54.9 cm³/mol. The van der Waals surface area contributed by atoms with Gasteiger partial charge in [0.1, 0.15) is 0 Å². The van der Waals surface area contributed by atoms with Crippen LogP contribution in [0.3, 0.4) is 0 Å². The van der Waals surface area contributed by atoms with Gasteiger partial charge in [0.15, 0.2) is 17.3 Å². The zero-order chi connectivity index (χ0) is 11.7. The van der Waals surface area contributed by atoms with Crippen LogP contribution in [0.2, 0.25) is 0 Å². The Morgan fingerprint density at radius 3 is 2.69 bits per heavy atom. The van der Waals surface area contributed by atoms with Crippen LogP contribution >= 0.6 is 0 Å². The molecule has 1 aromatic rings. The summed E-state index contributed by atoms with van der Waals surface area (Å²) in [6, 6.07) is 4.49. The second-order valence-corrected chi connectivity index (χ2v) is 3.49. The third-order valence-corrected chi connectivity index (χ3v) is 2.44. The number of nitrogens with zero attached hydrogens (tertiary/aromatic N) is 1. The molecule has 0 unspecified atom stereocenters. The molecule has 1 saturated heterocycles. The number of halogens is 1. The van der Waals surface area contributed by atoms with Gasteiger partial charge >= 0.3 is 0 Å². The number of hydrogen-bond acceptors (Lipinski definition) is 3. The SMILES string of the molecule is COc1cccc(N2CC(=O)CC2=O)c1F. The number of hydrogen-bond donors (Lipinski definition) is 0. The third-order valence-electron chi connectivity index (χ3n) is 2.44. The lowest BCUT2D eigenvalue weighted by Crippen LogP contribution is -2.25. The molecule has 1 aromatic carbocycles. The average Bonchev–Trinajstić information content (AvgIpc) is 2.58. The molecule has 1 heterocycles. The third kappa shape index (κ3) is 1.64. The van der Waals surface area contributed by atoms with Gasteiger partial charge < -0.3 is 9.64 Å². The molecule has 0 aromatic heterocycles. The van der Waals surface area contributed by atoms with Gasteiger partial charge in [-0.3, -0.25) is 9.59 Å². The van der Waals surface area contributed by atoms with Crippen molar-refractivity contribution in [1.82, 2.24) is 0 Å². The summed E-state index contributed by atoms with van der Waals surface area (Å²) < 4.78 is 18.6. The maximum atomic E-state index is 13.8. The molecular formula is C11H10FNO3. The van der Waals surface area contributed by atoms with Crippen LogP contribution in [0, 0.1) is 5.82 Å². The van der Waals surface area contributed by atoms with Gasteiger partial charge in [-0.1, -0.05) is 6.07 Å². The Kier molecular flexibility index (Phi) is 2.60. The lowest BCUT2D eigenvalue weighted by molar-refractivity contribution is -0.121. The number of anilines is 1. The Morgan fingerprint density at radius 1 is 1.38 bits per heavy atom. The first-order chi connectivity index (χ1) is 7.63. The first-order valence-corrected chi connectivity index (χ1v) is 4.78. The van der Waals surface area contributed by atoms with Crippen LogP contribution in [-0.4, -0.2) is 25.3 Å². The molecule has 0 saturated carbocycles. The molecule has 0 spiro atoms. The fourth-order valence-corrected chi connectivity index (χ4v) is 1.67. The molecule has 4 nitrogen and oxygen atoms in total. The first kappa shape index (κ1) is 10.6. The minimum atomic E-state index is -0.618. The summed E-state index contributed by atoms with van der Waals surface area (Å²) >= 11 is 0. The van der Waals surface area contributed by atoms with E-state index in [0.29, 0.717) is 0 Å². The van der Waals surface area contributed by atoms with Crippen LogP contribution in [0.15, 0.2) is 18.2 Å². The highest BCUT2D eigenvalue weighted by molar-refractivity contribution is 6.15. The van der Waals surface area contributed by atoms with Gasteiger partial charge in [0.25, 0.3) is 0 Å². The number of methoxy groups -OCH3 is 1. The summed E-state index contributed by atoms with van der Waals surface area (Å²) in [5.41, 5.74) is 0.0928. The largest absolute Gasteiger partial charge is 0.494 e. The number of ether oxygens (including phenoxy) is 1. The Hall–Kier alpha value is -1.91. The van der Waals surface area contributed by atoms with E-state index in [-0.39, 0.29) is 36.1 Å². The van der Waals surface area contributed by atoms with Gasteiger partial charge in [-0.05, 0) is 12.1 Å². The number of carbonyl (C=O) groups is 2. The molecule has 1 amide bonds. The number of carbonyl (C=O) groups excluding carboxylic acids is 2. The fraction of sp³-hybridized carbons (Fsp3) is 0.273. The maximum absolute atomic E-state index is 13.8. The van der Waals surface area contributed by atoms with Crippen LogP contribution in [-0.2, 0) is 9.59 Å². The van der Waals surface area contributed by atoms with E-state index >= 15 is 0 Å². The number of ketones is 1. The lowest BCUT2D eigenvalue weighted by atomic mass is 10.2. The smallest absolute Gasteiger partial charge is 0.235 e. The van der Waals surface area contributed by atoms with Gasteiger partial charge in [0.05, 0.1) is 25.8 Å². The lowest BCUT2D eigenvalue weighted by Gasteiger charge is -2.16. The summed E-state index contributed by atoms with van der Waals surface area (Å²) in [4.78, 5) is 23.7. The standard InChI is InChI=1S/C11H10FNO3/c1-16-9-4-2-3-8(11(9)12)13-6-7(14)5-10(13)15/h2-4H,5-6H2,1H3. The topological polar surface area (TPSA) is 46.6 Å². The Labute approximate surface area is 91.6 Å². The molecule has 2 rings (SSSR count). The highest BCUT2D eigenvalue weighted by Gasteiger charge is 2.30. The Balaban J connectivity index is 2.41. The van der Waals surface area contributed by atoms with Gasteiger partial charge in [0.2, 0.25) is 5.91 Å². The van der Waals surface area contributed by atoms with Crippen molar-refractivity contribution in [1.29, 1.82) is 0 Å². The van der Waals surface area contributed by atoms with Crippen LogP contribution in [0.1, 0.15) is 6.42 Å². The normalized spacial score (nSPS) is 15.8. The quantitative estimate of drug-likeness (QED) is 0.706. The molecular weight excluding hydrogens is 213 g/mol. The summed E-state index contributed by atoms with van der Waals surface area (Å²) in [7, 11) is 1.35. The van der Waals surface area contributed by atoms with E-state index in [9.17, 15) is 14.0 Å².